The molecule has 0 spiro atoms. The van der Waals surface area contributed by atoms with E-state index in [1.54, 1.807) is 6.08 Å². The van der Waals surface area contributed by atoms with Crippen molar-refractivity contribution in [3.05, 3.63) is 47.0 Å². The molecule has 2 fully saturated rings. The Kier molecular flexibility index (Phi) is 8.50. The lowest BCUT2D eigenvalue weighted by Crippen LogP contribution is -2.57. The summed E-state index contributed by atoms with van der Waals surface area (Å²) in [7, 11) is 0. The minimum atomic E-state index is 0.0319. The van der Waals surface area contributed by atoms with Gasteiger partial charge in [-0.15, -0.1) is 11.3 Å². The summed E-state index contributed by atoms with van der Waals surface area (Å²) >= 11 is 1.87. The van der Waals surface area contributed by atoms with E-state index in [1.165, 1.54) is 21.0 Å². The number of ketones is 1. The molecule has 10 nitrogen and oxygen atoms in total. The van der Waals surface area contributed by atoms with E-state index < -0.39 is 0 Å². The van der Waals surface area contributed by atoms with Gasteiger partial charge in [0.1, 0.15) is 0 Å². The summed E-state index contributed by atoms with van der Waals surface area (Å²) in [6, 6.07) is 8.69. The van der Waals surface area contributed by atoms with E-state index in [1.807, 2.05) is 36.3 Å². The van der Waals surface area contributed by atoms with Crippen LogP contribution in [0.25, 0.3) is 21.3 Å². The van der Waals surface area contributed by atoms with Gasteiger partial charge in [0.05, 0.1) is 44.0 Å². The van der Waals surface area contributed by atoms with Gasteiger partial charge < -0.3 is 9.64 Å². The van der Waals surface area contributed by atoms with Crippen LogP contribution in [0.4, 0.5) is 5.69 Å². The number of fused-ring (bicyclic) bond motifs is 2. The summed E-state index contributed by atoms with van der Waals surface area (Å²) in [6.45, 7) is 12.7. The number of piperazine rings is 1. The average Bonchev–Trinajstić information content (AvgIpc) is 3.63. The molecule has 5 heterocycles. The molecule has 3 aliphatic rings. The van der Waals surface area contributed by atoms with Gasteiger partial charge in [0.25, 0.3) is 0 Å². The molecule has 0 unspecified atom stereocenters. The molecule has 0 radical (unpaired) electrons. The number of carbonyl (C=O) groups excluding carboxylic acids is 2. The van der Waals surface area contributed by atoms with Crippen LogP contribution in [0, 0.1) is 0 Å². The van der Waals surface area contributed by atoms with Crippen LogP contribution in [0.3, 0.4) is 0 Å². The normalized spacial score (nSPS) is 19.0. The van der Waals surface area contributed by atoms with Gasteiger partial charge in [0, 0.05) is 79.4 Å². The van der Waals surface area contributed by atoms with Crippen LogP contribution in [-0.2, 0) is 20.9 Å². The van der Waals surface area contributed by atoms with Crippen molar-refractivity contribution >= 4 is 39.6 Å². The number of ether oxygens (including phenoxy) is 1. The van der Waals surface area contributed by atoms with Crippen LogP contribution < -0.4 is 5.01 Å². The van der Waals surface area contributed by atoms with Gasteiger partial charge in [-0.1, -0.05) is 17.7 Å². The second-order valence-corrected chi connectivity index (χ2v) is 12.5. The number of anilines is 1. The summed E-state index contributed by atoms with van der Waals surface area (Å²) < 4.78 is 5.67. The van der Waals surface area contributed by atoms with Crippen molar-refractivity contribution in [2.75, 3.05) is 70.8 Å². The number of hydrazine groups is 1. The van der Waals surface area contributed by atoms with Crippen molar-refractivity contribution in [3.8, 4) is 10.4 Å². The second-order valence-electron chi connectivity index (χ2n) is 11.3. The quantitative estimate of drug-likeness (QED) is 0.407. The van der Waals surface area contributed by atoms with Crippen molar-refractivity contribution in [2.24, 2.45) is 0 Å². The van der Waals surface area contributed by atoms with Crippen LogP contribution >= 0.6 is 11.3 Å². The first-order valence-electron chi connectivity index (χ1n) is 14.5. The number of morpholine rings is 1. The largest absolute Gasteiger partial charge is 0.379 e. The molecule has 0 bridgehead atoms. The van der Waals surface area contributed by atoms with Crippen molar-refractivity contribution in [1.29, 1.82) is 0 Å². The molecule has 41 heavy (non-hydrogen) atoms. The number of thiophene rings is 1. The van der Waals surface area contributed by atoms with E-state index in [-0.39, 0.29) is 18.1 Å². The third kappa shape index (κ3) is 6.39. The van der Waals surface area contributed by atoms with Crippen LogP contribution in [0.1, 0.15) is 31.6 Å². The van der Waals surface area contributed by atoms with E-state index in [9.17, 15) is 9.59 Å². The molecule has 0 aliphatic carbocycles. The Morgan fingerprint density at radius 3 is 2.63 bits per heavy atom. The maximum Gasteiger partial charge on any atom is 0.223 e. The first kappa shape index (κ1) is 28.0. The highest BCUT2D eigenvalue weighted by Gasteiger charge is 2.32. The van der Waals surface area contributed by atoms with Crippen LogP contribution in [-0.4, -0.2) is 107 Å². The summed E-state index contributed by atoms with van der Waals surface area (Å²) in [5.41, 5.74) is 4.54. The smallest absolute Gasteiger partial charge is 0.223 e. The van der Waals surface area contributed by atoms with Crippen molar-refractivity contribution < 1.29 is 14.3 Å². The maximum atomic E-state index is 12.7. The zero-order valence-corrected chi connectivity index (χ0v) is 24.8. The highest BCUT2D eigenvalue weighted by molar-refractivity contribution is 7.16. The Bertz CT molecular complexity index is 1410. The first-order chi connectivity index (χ1) is 19.9. The standard InChI is InChI=1S/C30H39N7O3S/c1-22(2)16-23(38)6-7-30(39)35-10-8-33(9-11-35)20-34-19-29-27(37(21-34)36-12-14-40-15-13-36)17-28(41-29)24-4-3-5-26-25(24)18-31-32-26/h3-5,16-18H,6-15,19-21H2,1-2H3,(H,31,32). The third-order valence-electron chi connectivity index (χ3n) is 8.00. The van der Waals surface area contributed by atoms with E-state index in [2.05, 4.69) is 54.3 Å². The number of H-pyrrole nitrogens is 1. The number of benzene rings is 1. The predicted molar refractivity (Wildman–Crippen MR) is 161 cm³/mol. The van der Waals surface area contributed by atoms with Gasteiger partial charge in [-0.3, -0.25) is 29.5 Å². The van der Waals surface area contributed by atoms with Crippen LogP contribution in [0.5, 0.6) is 0 Å². The number of aromatic nitrogens is 2. The zero-order chi connectivity index (χ0) is 28.3. The molecule has 0 saturated carbocycles. The Hall–Kier alpha value is -3.09. The number of hydrogen-bond donors (Lipinski definition) is 1. The molecule has 11 heteroatoms. The monoisotopic (exact) mass is 577 g/mol. The van der Waals surface area contributed by atoms with E-state index in [0.717, 1.165) is 75.8 Å². The number of hydrogen-bond acceptors (Lipinski definition) is 9. The predicted octanol–water partition coefficient (Wildman–Crippen LogP) is 3.54. The Labute approximate surface area is 245 Å². The number of aromatic amines is 1. The molecular formula is C30H39N7O3S. The number of nitrogens with one attached hydrogen (secondary N) is 1. The minimum absolute atomic E-state index is 0.0319. The fourth-order valence-corrected chi connectivity index (χ4v) is 7.16. The number of nitrogens with zero attached hydrogens (tertiary/aromatic N) is 6. The molecule has 3 aromatic rings. The molecule has 218 valence electrons. The lowest BCUT2D eigenvalue weighted by atomic mass is 10.1. The van der Waals surface area contributed by atoms with Crippen LogP contribution in [0.2, 0.25) is 0 Å². The summed E-state index contributed by atoms with van der Waals surface area (Å²) in [5.74, 6) is 0.115. The fourth-order valence-electron chi connectivity index (χ4n) is 5.92. The number of rotatable bonds is 8. The molecule has 2 aromatic heterocycles. The summed E-state index contributed by atoms with van der Waals surface area (Å²) in [4.78, 5) is 34.2. The lowest BCUT2D eigenvalue weighted by molar-refractivity contribution is -0.134. The molecular weight excluding hydrogens is 538 g/mol. The van der Waals surface area contributed by atoms with Gasteiger partial charge >= 0.3 is 0 Å². The Morgan fingerprint density at radius 2 is 1.85 bits per heavy atom. The Balaban J connectivity index is 1.12. The molecule has 2 saturated heterocycles. The van der Waals surface area contributed by atoms with E-state index in [0.29, 0.717) is 19.5 Å². The van der Waals surface area contributed by atoms with Gasteiger partial charge in [-0.05, 0) is 32.1 Å². The van der Waals surface area contributed by atoms with E-state index in [4.69, 9.17) is 4.74 Å². The molecule has 3 aliphatic heterocycles. The summed E-state index contributed by atoms with van der Waals surface area (Å²) in [6.07, 6.45) is 4.12. The topological polar surface area (TPSA) is 88.2 Å². The Morgan fingerprint density at radius 1 is 1.05 bits per heavy atom. The van der Waals surface area contributed by atoms with E-state index >= 15 is 0 Å². The molecule has 1 amide bonds. The number of carbonyl (C=O) groups is 2. The highest BCUT2D eigenvalue weighted by Crippen LogP contribution is 2.42. The SMILES string of the molecule is CC(C)=CC(=O)CCC(=O)N1CCN(CN2Cc3sc(-c4cccc5[nH]ncc45)cc3N(N3CCOCC3)C2)CC1. The molecule has 1 aromatic carbocycles. The highest BCUT2D eigenvalue weighted by atomic mass is 32.1. The van der Waals surface area contributed by atoms with Crippen molar-refractivity contribution in [3.63, 3.8) is 0 Å². The fraction of sp³-hybridized carbons (Fsp3) is 0.500. The lowest BCUT2D eigenvalue weighted by Gasteiger charge is -2.46. The zero-order valence-electron chi connectivity index (χ0n) is 24.0. The number of allylic oxidation sites excluding steroid dienone is 2. The van der Waals surface area contributed by atoms with Gasteiger partial charge in [0.15, 0.2) is 5.78 Å². The van der Waals surface area contributed by atoms with Gasteiger partial charge in [-0.2, -0.15) is 5.10 Å². The van der Waals surface area contributed by atoms with Crippen LogP contribution in [0.15, 0.2) is 42.1 Å². The number of amides is 1. The second kappa shape index (κ2) is 12.4. The maximum absolute atomic E-state index is 12.7. The van der Waals surface area contributed by atoms with Gasteiger partial charge in [-0.25, -0.2) is 5.01 Å². The van der Waals surface area contributed by atoms with Crippen molar-refractivity contribution in [2.45, 2.75) is 33.2 Å². The average molecular weight is 578 g/mol. The molecule has 6 rings (SSSR count). The summed E-state index contributed by atoms with van der Waals surface area (Å²) in [5, 5.41) is 13.4. The van der Waals surface area contributed by atoms with Gasteiger partial charge in [0.2, 0.25) is 5.91 Å². The molecule has 1 N–H and O–H groups in total. The molecule has 0 atom stereocenters. The first-order valence-corrected chi connectivity index (χ1v) is 15.3. The minimum Gasteiger partial charge on any atom is -0.379 e. The van der Waals surface area contributed by atoms with Crippen molar-refractivity contribution in [1.82, 2.24) is 29.9 Å². The third-order valence-corrected chi connectivity index (χ3v) is 9.15.